The van der Waals surface area contributed by atoms with E-state index in [1.807, 2.05) is 0 Å². The monoisotopic (exact) mass is 535 g/mol. The highest BCUT2D eigenvalue weighted by molar-refractivity contribution is 5.83. The second-order valence-corrected chi connectivity index (χ2v) is 8.30. The summed E-state index contributed by atoms with van der Waals surface area (Å²) in [6.07, 6.45) is -12.8. The smallest absolute Gasteiger partial charge is 0.417 e. The van der Waals surface area contributed by atoms with Gasteiger partial charge in [-0.05, 0) is 12.1 Å². The molecule has 1 aromatic heterocycles. The number of carbonyl (C=O) groups excluding carboxylic acids is 2. The molecule has 3 rings (SSSR count). The SMILES string of the molecule is COC(=O)[C@@]1(Oc2ccc3c(C(F)(F)F)cc(=O)oc3c2)C[C@H](O)[C@@H](NC(C)=O)[C@H]([C@@H](O)[C@H](O)CO)O1. The van der Waals surface area contributed by atoms with Gasteiger partial charge in [0.25, 0.3) is 0 Å². The van der Waals surface area contributed by atoms with Crippen LogP contribution in [0.15, 0.2) is 33.5 Å². The highest BCUT2D eigenvalue weighted by Gasteiger charge is 2.57. The molecular weight excluding hydrogens is 511 g/mol. The molecule has 1 aliphatic rings. The van der Waals surface area contributed by atoms with Crippen molar-refractivity contribution >= 4 is 22.8 Å². The van der Waals surface area contributed by atoms with Gasteiger partial charge in [0, 0.05) is 24.4 Å². The Morgan fingerprint density at radius 2 is 1.95 bits per heavy atom. The molecular formula is C22H24F3NO11. The van der Waals surface area contributed by atoms with Crippen LogP contribution >= 0.6 is 0 Å². The molecule has 204 valence electrons. The third-order valence-electron chi connectivity index (χ3n) is 5.66. The van der Waals surface area contributed by atoms with Crippen LogP contribution in [0, 0.1) is 0 Å². The molecule has 1 saturated heterocycles. The summed E-state index contributed by atoms with van der Waals surface area (Å²) >= 11 is 0. The first-order valence-electron chi connectivity index (χ1n) is 10.7. The van der Waals surface area contributed by atoms with Crippen LogP contribution in [-0.4, -0.2) is 82.3 Å². The zero-order valence-corrected chi connectivity index (χ0v) is 19.4. The largest absolute Gasteiger partial charge is 0.464 e. The van der Waals surface area contributed by atoms with E-state index >= 15 is 0 Å². The molecule has 1 aromatic carbocycles. The fourth-order valence-corrected chi connectivity index (χ4v) is 4.01. The first-order chi connectivity index (χ1) is 17.2. The first kappa shape index (κ1) is 28.3. The summed E-state index contributed by atoms with van der Waals surface area (Å²) in [4.78, 5) is 36.1. The van der Waals surface area contributed by atoms with Crippen LogP contribution in [0.1, 0.15) is 18.9 Å². The molecule has 6 atom stereocenters. The lowest BCUT2D eigenvalue weighted by molar-refractivity contribution is -0.285. The van der Waals surface area contributed by atoms with Gasteiger partial charge in [-0.15, -0.1) is 0 Å². The molecule has 0 saturated carbocycles. The second-order valence-electron chi connectivity index (χ2n) is 8.30. The number of nitrogens with one attached hydrogen (secondary N) is 1. The maximum atomic E-state index is 13.4. The molecule has 0 unspecified atom stereocenters. The molecule has 0 spiro atoms. The number of methoxy groups -OCH3 is 1. The Bertz CT molecular complexity index is 1220. The number of hydrogen-bond acceptors (Lipinski definition) is 11. The van der Waals surface area contributed by atoms with Crippen LogP contribution in [0.5, 0.6) is 5.75 Å². The fourth-order valence-electron chi connectivity index (χ4n) is 4.01. The fraction of sp³-hybridized carbons (Fsp3) is 0.500. The highest BCUT2D eigenvalue weighted by atomic mass is 19.4. The molecule has 2 heterocycles. The number of fused-ring (bicyclic) bond motifs is 1. The van der Waals surface area contributed by atoms with Crippen molar-refractivity contribution in [2.45, 2.75) is 55.8 Å². The van der Waals surface area contributed by atoms with Crippen molar-refractivity contribution in [3.63, 3.8) is 0 Å². The number of amides is 1. The molecule has 1 amide bonds. The normalized spacial score (nSPS) is 25.8. The lowest BCUT2D eigenvalue weighted by atomic mass is 9.88. The number of rotatable bonds is 7. The van der Waals surface area contributed by atoms with Crippen molar-refractivity contribution in [1.82, 2.24) is 5.32 Å². The predicted molar refractivity (Wildman–Crippen MR) is 115 cm³/mol. The maximum Gasteiger partial charge on any atom is 0.417 e. The number of halogens is 3. The van der Waals surface area contributed by atoms with Crippen molar-refractivity contribution < 1.29 is 61.8 Å². The van der Waals surface area contributed by atoms with Gasteiger partial charge in [0.1, 0.15) is 29.6 Å². The molecule has 37 heavy (non-hydrogen) atoms. The van der Waals surface area contributed by atoms with Crippen LogP contribution in [0.25, 0.3) is 11.0 Å². The van der Waals surface area contributed by atoms with Crippen molar-refractivity contribution in [3.05, 3.63) is 40.2 Å². The van der Waals surface area contributed by atoms with Crippen LogP contribution in [0.2, 0.25) is 0 Å². The van der Waals surface area contributed by atoms with E-state index in [0.717, 1.165) is 32.2 Å². The van der Waals surface area contributed by atoms with Gasteiger partial charge < -0.3 is 44.4 Å². The Balaban J connectivity index is 2.08. The highest BCUT2D eigenvalue weighted by Crippen LogP contribution is 2.38. The molecule has 0 radical (unpaired) electrons. The quantitative estimate of drug-likeness (QED) is 0.226. The zero-order valence-electron chi connectivity index (χ0n) is 19.4. The Hall–Kier alpha value is -3.24. The summed E-state index contributed by atoms with van der Waals surface area (Å²) in [6.45, 7) is 0.136. The summed E-state index contributed by atoms with van der Waals surface area (Å²) in [7, 11) is 0.937. The summed E-state index contributed by atoms with van der Waals surface area (Å²) in [5.74, 6) is -4.84. The van der Waals surface area contributed by atoms with E-state index in [-0.39, 0.29) is 11.8 Å². The van der Waals surface area contributed by atoms with Gasteiger partial charge in [-0.3, -0.25) is 4.79 Å². The minimum absolute atomic E-state index is 0.278. The molecule has 1 fully saturated rings. The van der Waals surface area contributed by atoms with Crippen LogP contribution in [0.4, 0.5) is 13.2 Å². The van der Waals surface area contributed by atoms with Gasteiger partial charge in [0.15, 0.2) is 0 Å². The summed E-state index contributed by atoms with van der Waals surface area (Å²) in [6, 6.07) is 1.69. The number of aliphatic hydroxyl groups is 4. The second kappa shape index (κ2) is 10.6. The number of esters is 1. The minimum Gasteiger partial charge on any atom is -0.464 e. The molecule has 12 nitrogen and oxygen atoms in total. The number of ether oxygens (including phenoxy) is 3. The van der Waals surface area contributed by atoms with Gasteiger partial charge in [0.05, 0.1) is 37.8 Å². The van der Waals surface area contributed by atoms with E-state index in [1.165, 1.54) is 0 Å². The Morgan fingerprint density at radius 3 is 2.51 bits per heavy atom. The van der Waals surface area contributed by atoms with Gasteiger partial charge in [0.2, 0.25) is 5.91 Å². The average molecular weight is 535 g/mol. The van der Waals surface area contributed by atoms with Crippen molar-refractivity contribution in [3.8, 4) is 5.75 Å². The van der Waals surface area contributed by atoms with E-state index in [0.29, 0.717) is 0 Å². The number of hydrogen-bond donors (Lipinski definition) is 5. The van der Waals surface area contributed by atoms with Crippen molar-refractivity contribution in [2.75, 3.05) is 13.7 Å². The van der Waals surface area contributed by atoms with Crippen molar-refractivity contribution in [1.29, 1.82) is 0 Å². The molecule has 2 aromatic rings. The topological polar surface area (TPSA) is 185 Å². The Morgan fingerprint density at radius 1 is 1.27 bits per heavy atom. The van der Waals surface area contributed by atoms with E-state index in [2.05, 4.69) is 5.32 Å². The third kappa shape index (κ3) is 5.86. The third-order valence-corrected chi connectivity index (χ3v) is 5.66. The number of aliphatic hydroxyl groups excluding tert-OH is 4. The first-order valence-corrected chi connectivity index (χ1v) is 10.7. The lowest BCUT2D eigenvalue weighted by Gasteiger charge is -2.46. The number of carbonyl (C=O) groups is 2. The predicted octanol–water partition coefficient (Wildman–Crippen LogP) is -0.572. The van der Waals surface area contributed by atoms with Crippen LogP contribution in [-0.2, 0) is 25.2 Å². The van der Waals surface area contributed by atoms with E-state index in [4.69, 9.17) is 18.6 Å². The summed E-state index contributed by atoms with van der Waals surface area (Å²) < 4.78 is 60.9. The van der Waals surface area contributed by atoms with E-state index in [9.17, 15) is 48.0 Å². The summed E-state index contributed by atoms with van der Waals surface area (Å²) in [5.41, 5.74) is -3.11. The standard InChI is InChI=1S/C22H24F3NO11/c1-9(28)26-17-13(29)7-21(20(33)34-2,37-19(17)18(32)14(30)8-27)36-10-3-4-11-12(22(23,24)25)6-16(31)35-15(11)5-10/h3-6,13-14,17-19,27,29-30,32H,7-8H2,1-2H3,(H,26,28)/t13-,14+,17+,18-,19+,21+/m0/s1. The van der Waals surface area contributed by atoms with E-state index in [1.54, 1.807) is 0 Å². The Kier molecular flexibility index (Phi) is 8.14. The maximum absolute atomic E-state index is 13.4. The van der Waals surface area contributed by atoms with Crippen LogP contribution < -0.4 is 15.7 Å². The molecule has 15 heteroatoms. The van der Waals surface area contributed by atoms with E-state index < -0.39 is 89.5 Å². The number of alkyl halides is 3. The molecule has 5 N–H and O–H groups in total. The van der Waals surface area contributed by atoms with Crippen molar-refractivity contribution in [2.24, 2.45) is 0 Å². The molecule has 1 aliphatic heterocycles. The van der Waals surface area contributed by atoms with Gasteiger partial charge in [-0.2, -0.15) is 13.2 Å². The summed E-state index contributed by atoms with van der Waals surface area (Å²) in [5, 5.41) is 42.3. The number of benzene rings is 1. The lowest BCUT2D eigenvalue weighted by Crippen LogP contribution is -2.68. The molecule has 0 aliphatic carbocycles. The van der Waals surface area contributed by atoms with Gasteiger partial charge in [-0.25, -0.2) is 9.59 Å². The van der Waals surface area contributed by atoms with Crippen LogP contribution in [0.3, 0.4) is 0 Å². The molecule has 0 bridgehead atoms. The Labute approximate surface area is 206 Å². The van der Waals surface area contributed by atoms with Gasteiger partial charge in [-0.1, -0.05) is 0 Å². The zero-order chi connectivity index (χ0) is 27.7. The minimum atomic E-state index is -4.88. The van der Waals surface area contributed by atoms with Gasteiger partial charge >= 0.3 is 23.6 Å². The average Bonchev–Trinajstić information content (AvgIpc) is 2.82.